The lowest BCUT2D eigenvalue weighted by Crippen LogP contribution is -2.59. The molecule has 2 unspecified atom stereocenters. The van der Waals surface area contributed by atoms with Gasteiger partial charge in [0.1, 0.15) is 30.5 Å². The first kappa shape index (κ1) is 47.1. The van der Waals surface area contributed by atoms with E-state index in [1.54, 1.807) is 6.08 Å². The topological polar surface area (TPSA) is 157 Å². The van der Waals surface area contributed by atoms with E-state index >= 15 is 0 Å². The van der Waals surface area contributed by atoms with Crippen LogP contribution in [-0.2, 0) is 14.3 Å². The van der Waals surface area contributed by atoms with E-state index in [-0.39, 0.29) is 6.61 Å². The summed E-state index contributed by atoms with van der Waals surface area (Å²) in [6.45, 7) is 8.16. The SMILES string of the molecule is CCC(C)CCCCCCCCC/C=C/[C@@H](O)[C@H](CO[C@@H]1O[C@H](CO)[C@H](O)[C@H](O)[C@H]1O)C(=O)[C@H](O)CCCCCCCCCCCC(C)CC. The maximum Gasteiger partial charge on any atom is 0.186 e. The van der Waals surface area contributed by atoms with E-state index in [1.807, 2.05) is 6.08 Å². The zero-order valence-electron chi connectivity index (χ0n) is 32.3. The lowest BCUT2D eigenvalue weighted by atomic mass is 9.91. The molecule has 0 bridgehead atoms. The Morgan fingerprint density at radius 3 is 1.62 bits per heavy atom. The van der Waals surface area contributed by atoms with Gasteiger partial charge in [0.05, 0.1) is 25.2 Å². The number of hydrogen-bond acceptors (Lipinski definition) is 9. The summed E-state index contributed by atoms with van der Waals surface area (Å²) >= 11 is 0. The number of unbranched alkanes of at least 4 members (excludes halogenated alkanes) is 15. The molecule has 1 rings (SSSR count). The quantitative estimate of drug-likeness (QED) is 0.0314. The fourth-order valence-corrected chi connectivity index (χ4v) is 6.63. The number of hydrogen-bond donors (Lipinski definition) is 6. The molecule has 0 aromatic heterocycles. The molecule has 0 saturated carbocycles. The van der Waals surface area contributed by atoms with Crippen LogP contribution in [0.3, 0.4) is 0 Å². The van der Waals surface area contributed by atoms with Crippen molar-refractivity contribution in [3.8, 4) is 0 Å². The molecule has 6 N–H and O–H groups in total. The zero-order chi connectivity index (χ0) is 37.1. The van der Waals surface area contributed by atoms with Gasteiger partial charge in [-0.25, -0.2) is 0 Å². The molecule has 1 heterocycles. The second kappa shape index (κ2) is 29.5. The van der Waals surface area contributed by atoms with E-state index in [1.165, 1.54) is 89.9 Å². The third kappa shape index (κ3) is 20.4. The summed E-state index contributed by atoms with van der Waals surface area (Å²) in [5.74, 6) is -0.0224. The summed E-state index contributed by atoms with van der Waals surface area (Å²) in [6.07, 6.45) is 18.4. The van der Waals surface area contributed by atoms with Crippen LogP contribution in [0.15, 0.2) is 12.2 Å². The van der Waals surface area contributed by atoms with Gasteiger partial charge in [-0.2, -0.15) is 0 Å². The molecule has 0 aliphatic carbocycles. The average molecular weight is 715 g/mol. The molecule has 0 amide bonds. The molecule has 1 aliphatic heterocycles. The van der Waals surface area contributed by atoms with Crippen LogP contribution in [0.5, 0.6) is 0 Å². The first-order valence-electron chi connectivity index (χ1n) is 20.6. The normalized spacial score (nSPS) is 24.3. The molecule has 50 heavy (non-hydrogen) atoms. The van der Waals surface area contributed by atoms with E-state index in [0.29, 0.717) is 12.8 Å². The maximum atomic E-state index is 13.4. The van der Waals surface area contributed by atoms with Gasteiger partial charge in [-0.05, 0) is 31.1 Å². The Labute approximate surface area is 305 Å². The first-order chi connectivity index (χ1) is 24.1. The first-order valence-corrected chi connectivity index (χ1v) is 20.6. The van der Waals surface area contributed by atoms with Crippen LogP contribution >= 0.6 is 0 Å². The van der Waals surface area contributed by atoms with Crippen molar-refractivity contribution in [1.82, 2.24) is 0 Å². The second-order valence-corrected chi connectivity index (χ2v) is 15.3. The molecular weight excluding hydrogens is 636 g/mol. The van der Waals surface area contributed by atoms with Gasteiger partial charge in [-0.3, -0.25) is 4.79 Å². The fourth-order valence-electron chi connectivity index (χ4n) is 6.63. The average Bonchev–Trinajstić information content (AvgIpc) is 3.12. The summed E-state index contributed by atoms with van der Waals surface area (Å²) in [5.41, 5.74) is 0. The summed E-state index contributed by atoms with van der Waals surface area (Å²) in [7, 11) is 0. The molecule has 0 radical (unpaired) electrons. The van der Waals surface area contributed by atoms with E-state index in [4.69, 9.17) is 9.47 Å². The Kier molecular flexibility index (Phi) is 27.8. The number of Topliss-reactive ketones (excluding diaryl/α,β-unsaturated/α-hetero) is 1. The summed E-state index contributed by atoms with van der Waals surface area (Å²) in [4.78, 5) is 13.4. The third-order valence-electron chi connectivity index (χ3n) is 10.9. The van der Waals surface area contributed by atoms with Crippen molar-refractivity contribution in [2.24, 2.45) is 17.8 Å². The number of carbonyl (C=O) groups excluding carboxylic acids is 1. The van der Waals surface area contributed by atoms with Gasteiger partial charge in [0.15, 0.2) is 12.1 Å². The Morgan fingerprint density at radius 1 is 0.680 bits per heavy atom. The number of ketones is 1. The van der Waals surface area contributed by atoms with E-state index in [9.17, 15) is 35.4 Å². The zero-order valence-corrected chi connectivity index (χ0v) is 32.3. The highest BCUT2D eigenvalue weighted by Crippen LogP contribution is 2.24. The number of rotatable bonds is 32. The number of ether oxygens (including phenoxy) is 2. The minimum atomic E-state index is -1.62. The molecule has 0 spiro atoms. The predicted octanol–water partition coefficient (Wildman–Crippen LogP) is 7.16. The van der Waals surface area contributed by atoms with E-state index in [0.717, 1.165) is 50.4 Å². The summed E-state index contributed by atoms with van der Waals surface area (Å²) in [6, 6.07) is 0. The number of aliphatic hydroxyl groups is 6. The minimum Gasteiger partial charge on any atom is -0.394 e. The molecule has 10 atom stereocenters. The third-order valence-corrected chi connectivity index (χ3v) is 10.9. The monoisotopic (exact) mass is 715 g/mol. The lowest BCUT2D eigenvalue weighted by Gasteiger charge is -2.40. The lowest BCUT2D eigenvalue weighted by molar-refractivity contribution is -0.303. The molecule has 1 fully saturated rings. The van der Waals surface area contributed by atoms with Crippen molar-refractivity contribution in [2.75, 3.05) is 13.2 Å². The molecule has 0 aromatic rings. The summed E-state index contributed by atoms with van der Waals surface area (Å²) < 4.78 is 11.1. The summed E-state index contributed by atoms with van der Waals surface area (Å²) in [5, 5.41) is 62.0. The van der Waals surface area contributed by atoms with Crippen LogP contribution in [-0.4, -0.2) is 92.5 Å². The van der Waals surface area contributed by atoms with Crippen LogP contribution in [0.1, 0.15) is 169 Å². The van der Waals surface area contributed by atoms with Crippen molar-refractivity contribution < 1.29 is 44.9 Å². The van der Waals surface area contributed by atoms with Gasteiger partial charge < -0.3 is 40.1 Å². The Balaban J connectivity index is 2.54. The molecule has 1 saturated heterocycles. The molecule has 1 aliphatic rings. The highest BCUT2D eigenvalue weighted by molar-refractivity contribution is 5.86. The molecular formula is C41H78O9. The predicted molar refractivity (Wildman–Crippen MR) is 201 cm³/mol. The highest BCUT2D eigenvalue weighted by atomic mass is 16.7. The van der Waals surface area contributed by atoms with Gasteiger partial charge in [0, 0.05) is 0 Å². The van der Waals surface area contributed by atoms with Gasteiger partial charge in [0.25, 0.3) is 0 Å². The van der Waals surface area contributed by atoms with Crippen molar-refractivity contribution in [3.63, 3.8) is 0 Å². The van der Waals surface area contributed by atoms with Crippen LogP contribution in [0.2, 0.25) is 0 Å². The maximum absolute atomic E-state index is 13.4. The highest BCUT2D eigenvalue weighted by Gasteiger charge is 2.44. The Bertz CT molecular complexity index is 837. The van der Waals surface area contributed by atoms with E-state index in [2.05, 4.69) is 27.7 Å². The van der Waals surface area contributed by atoms with Crippen molar-refractivity contribution in [3.05, 3.63) is 12.2 Å². The second-order valence-electron chi connectivity index (χ2n) is 15.3. The largest absolute Gasteiger partial charge is 0.394 e. The number of allylic oxidation sites excluding steroid dienone is 1. The van der Waals surface area contributed by atoms with E-state index < -0.39 is 61.2 Å². The Morgan fingerprint density at radius 2 is 1.14 bits per heavy atom. The van der Waals surface area contributed by atoms with Crippen molar-refractivity contribution in [1.29, 1.82) is 0 Å². The Hall–Kier alpha value is -0.910. The van der Waals surface area contributed by atoms with Gasteiger partial charge in [-0.15, -0.1) is 0 Å². The number of carbonyl (C=O) groups is 1. The molecule has 9 heteroatoms. The van der Waals surface area contributed by atoms with Crippen LogP contribution in [0.25, 0.3) is 0 Å². The number of aliphatic hydroxyl groups excluding tert-OH is 6. The molecule has 0 aromatic carbocycles. The minimum absolute atomic E-state index is 0.291. The van der Waals surface area contributed by atoms with Gasteiger partial charge in [0.2, 0.25) is 0 Å². The van der Waals surface area contributed by atoms with Crippen LogP contribution in [0, 0.1) is 17.8 Å². The van der Waals surface area contributed by atoms with Crippen LogP contribution < -0.4 is 0 Å². The van der Waals surface area contributed by atoms with Gasteiger partial charge >= 0.3 is 0 Å². The fraction of sp³-hybridized carbons (Fsp3) is 0.927. The van der Waals surface area contributed by atoms with Crippen molar-refractivity contribution >= 4 is 5.78 Å². The van der Waals surface area contributed by atoms with Gasteiger partial charge in [-0.1, -0.05) is 162 Å². The smallest absolute Gasteiger partial charge is 0.186 e. The molecule has 296 valence electrons. The van der Waals surface area contributed by atoms with Crippen molar-refractivity contribution in [2.45, 2.75) is 212 Å². The van der Waals surface area contributed by atoms with Crippen LogP contribution in [0.4, 0.5) is 0 Å². The molecule has 9 nitrogen and oxygen atoms in total. The standard InChI is InChI=1S/C41H78O9/c1-5-31(3)25-21-17-13-9-7-11-15-19-23-27-34(43)33(30-49-41-40(48)39(47)38(46)36(29-42)50-41)37(45)35(44)28-24-20-16-12-8-10-14-18-22-26-32(4)6-2/h23,27,31-36,38-44,46-48H,5-22,24-26,28-30H2,1-4H3/b27-23+/t31?,32?,33-,34+,35+,36+,38-,39-,40+,41+/m0/s1.